The van der Waals surface area contributed by atoms with Crippen LogP contribution < -0.4 is 0 Å². The van der Waals surface area contributed by atoms with Crippen LogP contribution in [0.3, 0.4) is 0 Å². The summed E-state index contributed by atoms with van der Waals surface area (Å²) in [5.74, 6) is 4.03. The van der Waals surface area contributed by atoms with Gasteiger partial charge >= 0.3 is 0 Å². The predicted octanol–water partition coefficient (Wildman–Crippen LogP) is 10.5. The van der Waals surface area contributed by atoms with E-state index in [9.17, 15) is 8.99 Å². The third-order valence-corrected chi connectivity index (χ3v) is 12.6. The molecule has 0 bridgehead atoms. The zero-order valence-electron chi connectivity index (χ0n) is 25.9. The fourth-order valence-electron chi connectivity index (χ4n) is 11.0. The van der Waals surface area contributed by atoms with Crippen LogP contribution in [0, 0.1) is 57.2 Å². The molecular weight excluding hydrogens is 490 g/mol. The number of carbonyl (C=O) groups is 1. The molecule has 4 heteroatoms. The highest BCUT2D eigenvalue weighted by Crippen LogP contribution is 2.74. The van der Waals surface area contributed by atoms with Crippen molar-refractivity contribution in [3.05, 3.63) is 24.8 Å². The normalized spacial score (nSPS) is 45.2. The molecule has 0 aromatic rings. The summed E-state index contributed by atoms with van der Waals surface area (Å²) in [6.45, 7) is 22.0. The van der Waals surface area contributed by atoms with Crippen LogP contribution >= 0.6 is 9.12 Å². The summed E-state index contributed by atoms with van der Waals surface area (Å²) in [6, 6.07) is 0. The van der Waals surface area contributed by atoms with Gasteiger partial charge in [-0.05, 0) is 122 Å². The minimum Gasteiger partial charge on any atom is -0.332 e. The van der Waals surface area contributed by atoms with Crippen LogP contribution in [0.25, 0.3) is 0 Å². The van der Waals surface area contributed by atoms with E-state index >= 15 is 0 Å². The molecule has 0 heterocycles. The molecule has 218 valence electrons. The van der Waals surface area contributed by atoms with Gasteiger partial charge in [-0.3, -0.25) is 4.79 Å². The highest BCUT2D eigenvalue weighted by Gasteiger charge is 2.68. The first kappa shape index (κ1) is 32.0. The Labute approximate surface area is 236 Å². The lowest BCUT2D eigenvalue weighted by Crippen LogP contribution is -2.64. The van der Waals surface area contributed by atoms with Crippen LogP contribution in [0.5, 0.6) is 0 Å². The Kier molecular flexibility index (Phi) is 10.6. The van der Waals surface area contributed by atoms with E-state index in [0.29, 0.717) is 29.6 Å². The van der Waals surface area contributed by atoms with Crippen molar-refractivity contribution in [2.24, 2.45) is 57.2 Å². The van der Waals surface area contributed by atoms with Gasteiger partial charge in [-0.25, -0.2) is 0 Å². The summed E-state index contributed by atoms with van der Waals surface area (Å²) >= 11 is 0. The Morgan fingerprint density at radius 2 is 1.79 bits per heavy atom. The SMILES string of the molecule is C=CC.CC.CC(C)CC12CCC3(C)C4CCC5(COPF)CCCC5C4CCC3C1(C)C=CC(=O)C2C. The number of ketones is 1. The van der Waals surface area contributed by atoms with Crippen LogP contribution in [-0.4, -0.2) is 12.4 Å². The zero-order valence-corrected chi connectivity index (χ0v) is 26.9. The van der Waals surface area contributed by atoms with Gasteiger partial charge in [0.15, 0.2) is 5.78 Å². The van der Waals surface area contributed by atoms with Crippen molar-refractivity contribution in [2.75, 3.05) is 6.61 Å². The number of rotatable bonds is 5. The Morgan fingerprint density at radius 3 is 2.42 bits per heavy atom. The summed E-state index contributed by atoms with van der Waals surface area (Å²) in [5.41, 5.74) is 0.798. The molecule has 38 heavy (non-hydrogen) atoms. The average molecular weight is 549 g/mol. The maximum atomic E-state index is 13.0. The fourth-order valence-corrected chi connectivity index (χ4v) is 11.3. The molecule has 0 aromatic heterocycles. The third-order valence-electron chi connectivity index (χ3n) is 12.3. The van der Waals surface area contributed by atoms with E-state index in [4.69, 9.17) is 4.52 Å². The second-order valence-corrected chi connectivity index (χ2v) is 14.5. The van der Waals surface area contributed by atoms with Gasteiger partial charge in [0, 0.05) is 5.92 Å². The molecule has 0 aliphatic heterocycles. The molecule has 4 saturated carbocycles. The van der Waals surface area contributed by atoms with E-state index in [0.717, 1.165) is 24.2 Å². The lowest BCUT2D eigenvalue weighted by Gasteiger charge is -2.70. The predicted molar refractivity (Wildman–Crippen MR) is 162 cm³/mol. The number of carbonyl (C=O) groups excluding carboxylic acids is 1. The Hall–Kier alpha value is -0.530. The van der Waals surface area contributed by atoms with E-state index in [2.05, 4.69) is 47.3 Å². The highest BCUT2D eigenvalue weighted by molar-refractivity contribution is 7.25. The first-order valence-electron chi connectivity index (χ1n) is 15.8. The van der Waals surface area contributed by atoms with Crippen molar-refractivity contribution in [3.63, 3.8) is 0 Å². The molecule has 4 fully saturated rings. The molecule has 0 N–H and O–H groups in total. The van der Waals surface area contributed by atoms with Gasteiger partial charge in [-0.2, -0.15) is 4.20 Å². The van der Waals surface area contributed by atoms with Gasteiger partial charge in [0.1, 0.15) is 0 Å². The molecule has 0 spiro atoms. The number of hydrogen-bond acceptors (Lipinski definition) is 2. The van der Waals surface area contributed by atoms with E-state index in [1.165, 1.54) is 57.8 Å². The Morgan fingerprint density at radius 1 is 1.11 bits per heavy atom. The standard InChI is InChI=1S/C29H46FO2P.C3H6.C2H6/c1-19(2)17-29-16-15-26(4)22-10-14-28(18-32-33-30)12-6-7-23(28)21(22)8-9-25(26)27(29,5)13-11-24(31)20(29)3;1-3-2;1-2/h11,13,19-23,25,33H,6-10,12,14-18H2,1-5H3;3H,1H2,2H3;1-2H3. The van der Waals surface area contributed by atoms with Crippen LogP contribution in [0.4, 0.5) is 4.20 Å². The van der Waals surface area contributed by atoms with Gasteiger partial charge in [-0.15, -0.1) is 6.58 Å². The van der Waals surface area contributed by atoms with Crippen LogP contribution in [-0.2, 0) is 9.32 Å². The van der Waals surface area contributed by atoms with Crippen LogP contribution in [0.15, 0.2) is 24.8 Å². The van der Waals surface area contributed by atoms with Crippen LogP contribution in [0.2, 0.25) is 0 Å². The largest absolute Gasteiger partial charge is 0.332 e. The molecule has 5 aliphatic carbocycles. The van der Waals surface area contributed by atoms with Crippen molar-refractivity contribution >= 4 is 14.9 Å². The highest BCUT2D eigenvalue weighted by atomic mass is 31.1. The first-order valence-corrected chi connectivity index (χ1v) is 16.6. The average Bonchev–Trinajstić information content (AvgIpc) is 3.33. The van der Waals surface area contributed by atoms with Crippen LogP contribution in [0.1, 0.15) is 120 Å². The van der Waals surface area contributed by atoms with E-state index in [-0.39, 0.29) is 22.2 Å². The quantitative estimate of drug-likeness (QED) is 0.252. The molecule has 10 unspecified atom stereocenters. The fraction of sp³-hybridized carbons (Fsp3) is 0.853. The third kappa shape index (κ3) is 5.04. The monoisotopic (exact) mass is 548 g/mol. The van der Waals surface area contributed by atoms with E-state index in [1.54, 1.807) is 6.08 Å². The Bertz CT molecular complexity index is 855. The molecular formula is C34H58FO2P. The van der Waals surface area contributed by atoms with Gasteiger partial charge in [-0.1, -0.05) is 67.0 Å². The first-order chi connectivity index (χ1) is 18.0. The van der Waals surface area contributed by atoms with Gasteiger partial charge < -0.3 is 4.52 Å². The second kappa shape index (κ2) is 12.5. The topological polar surface area (TPSA) is 26.3 Å². The molecule has 0 saturated heterocycles. The summed E-state index contributed by atoms with van der Waals surface area (Å²) in [4.78, 5) is 13.0. The van der Waals surface area contributed by atoms with Gasteiger partial charge in [0.2, 0.25) is 9.12 Å². The van der Waals surface area contributed by atoms with Crippen molar-refractivity contribution in [2.45, 2.75) is 120 Å². The second-order valence-electron chi connectivity index (χ2n) is 14.1. The van der Waals surface area contributed by atoms with E-state index < -0.39 is 9.12 Å². The molecule has 0 amide bonds. The lowest BCUT2D eigenvalue weighted by atomic mass is 9.34. The van der Waals surface area contributed by atoms with Gasteiger partial charge in [0.25, 0.3) is 0 Å². The minimum absolute atomic E-state index is 0.102. The maximum Gasteiger partial charge on any atom is 0.205 e. The van der Waals surface area contributed by atoms with Crippen molar-refractivity contribution in [1.29, 1.82) is 0 Å². The molecule has 5 rings (SSSR count). The maximum absolute atomic E-state index is 13.0. The molecule has 0 aromatic carbocycles. The molecule has 0 radical (unpaired) electrons. The number of fused-ring (bicyclic) bond motifs is 7. The summed E-state index contributed by atoms with van der Waals surface area (Å²) in [7, 11) is -0.872. The number of halogens is 1. The molecule has 5 aliphatic rings. The molecule has 2 nitrogen and oxygen atoms in total. The van der Waals surface area contributed by atoms with Gasteiger partial charge in [0.05, 0.1) is 6.61 Å². The zero-order chi connectivity index (χ0) is 28.4. The summed E-state index contributed by atoms with van der Waals surface area (Å²) < 4.78 is 18.4. The van der Waals surface area contributed by atoms with Crippen molar-refractivity contribution in [3.8, 4) is 0 Å². The number of allylic oxidation sites excluding steroid dienone is 3. The minimum atomic E-state index is -0.872. The van der Waals surface area contributed by atoms with Crippen molar-refractivity contribution < 1.29 is 13.5 Å². The Balaban J connectivity index is 0.000000748. The van der Waals surface area contributed by atoms with E-state index in [1.807, 2.05) is 26.8 Å². The summed E-state index contributed by atoms with van der Waals surface area (Å²) in [5, 5.41) is 0. The summed E-state index contributed by atoms with van der Waals surface area (Å²) in [6.07, 6.45) is 18.7. The smallest absolute Gasteiger partial charge is 0.205 e. The number of hydrogen-bond donors (Lipinski definition) is 0. The lowest BCUT2D eigenvalue weighted by molar-refractivity contribution is -0.199. The molecule has 10 atom stereocenters. The van der Waals surface area contributed by atoms with Crippen molar-refractivity contribution in [1.82, 2.24) is 0 Å².